The lowest BCUT2D eigenvalue weighted by Crippen LogP contribution is -2.27. The van der Waals surface area contributed by atoms with Crippen molar-refractivity contribution in [1.29, 1.82) is 0 Å². The third-order valence-electron chi connectivity index (χ3n) is 3.81. The Morgan fingerprint density at radius 1 is 1.08 bits per heavy atom. The molecule has 0 aliphatic heterocycles. The van der Waals surface area contributed by atoms with Crippen molar-refractivity contribution in [3.05, 3.63) is 88.8 Å². The molecule has 2 aromatic carbocycles. The van der Waals surface area contributed by atoms with Crippen LogP contribution in [0.2, 0.25) is 5.02 Å². The van der Waals surface area contributed by atoms with Gasteiger partial charge in [-0.05, 0) is 42.0 Å². The highest BCUT2D eigenvalue weighted by Gasteiger charge is 2.18. The van der Waals surface area contributed by atoms with Crippen molar-refractivity contribution in [1.82, 2.24) is 4.90 Å². The van der Waals surface area contributed by atoms with Crippen LogP contribution in [0.1, 0.15) is 26.5 Å². The Morgan fingerprint density at radius 2 is 1.88 bits per heavy atom. The number of amides is 2. The number of nitrogens with zero attached hydrogens (tertiary/aromatic N) is 1. The molecule has 0 spiro atoms. The normalized spacial score (nSPS) is 10.4. The van der Waals surface area contributed by atoms with Gasteiger partial charge in [-0.2, -0.15) is 0 Å². The average molecular weight is 369 g/mol. The second kappa shape index (κ2) is 7.89. The van der Waals surface area contributed by atoms with E-state index in [-0.39, 0.29) is 11.7 Å². The van der Waals surface area contributed by atoms with Crippen LogP contribution >= 0.6 is 11.6 Å². The molecule has 1 aromatic heterocycles. The van der Waals surface area contributed by atoms with Crippen LogP contribution in [0.25, 0.3) is 0 Å². The SMILES string of the molecule is CN(Cc1cccc(Cl)c1)C(=O)c1ccccc1NC(=O)c1ccco1. The summed E-state index contributed by atoms with van der Waals surface area (Å²) < 4.78 is 5.09. The molecule has 1 heterocycles. The fourth-order valence-electron chi connectivity index (χ4n) is 2.56. The number of rotatable bonds is 5. The topological polar surface area (TPSA) is 62.6 Å². The molecule has 2 amide bonds. The van der Waals surface area contributed by atoms with E-state index >= 15 is 0 Å². The molecule has 0 saturated heterocycles. The number of carbonyl (C=O) groups excluding carboxylic acids is 2. The molecule has 3 aromatic rings. The highest BCUT2D eigenvalue weighted by Crippen LogP contribution is 2.20. The number of benzene rings is 2. The van der Waals surface area contributed by atoms with E-state index in [1.54, 1.807) is 54.4 Å². The van der Waals surface area contributed by atoms with Gasteiger partial charge >= 0.3 is 0 Å². The van der Waals surface area contributed by atoms with Crippen molar-refractivity contribution >= 4 is 29.1 Å². The Hall–Kier alpha value is -3.05. The molecule has 5 nitrogen and oxygen atoms in total. The lowest BCUT2D eigenvalue weighted by Gasteiger charge is -2.19. The van der Waals surface area contributed by atoms with Gasteiger partial charge in [-0.15, -0.1) is 0 Å². The number of hydrogen-bond donors (Lipinski definition) is 1. The molecule has 0 unspecified atom stereocenters. The first-order valence-corrected chi connectivity index (χ1v) is 8.36. The third-order valence-corrected chi connectivity index (χ3v) is 4.04. The molecule has 1 N–H and O–H groups in total. The standard InChI is InChI=1S/C20H17ClN2O3/c1-23(13-14-6-4-7-15(21)12-14)20(25)16-8-2-3-9-17(16)22-19(24)18-10-5-11-26-18/h2-12H,13H2,1H3,(H,22,24). The Kier molecular flexibility index (Phi) is 5.39. The van der Waals surface area contributed by atoms with Crippen molar-refractivity contribution in [3.63, 3.8) is 0 Å². The molecule has 6 heteroatoms. The summed E-state index contributed by atoms with van der Waals surface area (Å²) >= 11 is 6.00. The van der Waals surface area contributed by atoms with E-state index in [4.69, 9.17) is 16.0 Å². The van der Waals surface area contributed by atoms with Crippen molar-refractivity contribution < 1.29 is 14.0 Å². The summed E-state index contributed by atoms with van der Waals surface area (Å²) in [5.74, 6) is -0.437. The summed E-state index contributed by atoms with van der Waals surface area (Å²) in [4.78, 5) is 26.6. The number of hydrogen-bond acceptors (Lipinski definition) is 3. The fourth-order valence-corrected chi connectivity index (χ4v) is 2.77. The molecule has 0 aliphatic carbocycles. The molecule has 132 valence electrons. The zero-order chi connectivity index (χ0) is 18.5. The second-order valence-corrected chi connectivity index (χ2v) is 6.20. The van der Waals surface area contributed by atoms with Crippen molar-refractivity contribution in [2.45, 2.75) is 6.54 Å². The number of carbonyl (C=O) groups is 2. The van der Waals surface area contributed by atoms with E-state index in [9.17, 15) is 9.59 Å². The van der Waals surface area contributed by atoms with Gasteiger partial charge in [0.2, 0.25) is 0 Å². The second-order valence-electron chi connectivity index (χ2n) is 5.77. The molecule has 0 aliphatic rings. The van der Waals surface area contributed by atoms with Gasteiger partial charge in [0, 0.05) is 18.6 Å². The summed E-state index contributed by atoms with van der Waals surface area (Å²) in [5, 5.41) is 3.34. The van der Waals surface area contributed by atoms with Crippen LogP contribution in [0.4, 0.5) is 5.69 Å². The molecular formula is C20H17ClN2O3. The van der Waals surface area contributed by atoms with Gasteiger partial charge < -0.3 is 14.6 Å². The number of halogens is 1. The van der Waals surface area contributed by atoms with E-state index in [1.807, 2.05) is 18.2 Å². The van der Waals surface area contributed by atoms with Crippen LogP contribution < -0.4 is 5.32 Å². The highest BCUT2D eigenvalue weighted by atomic mass is 35.5. The van der Waals surface area contributed by atoms with Crippen molar-refractivity contribution in [2.75, 3.05) is 12.4 Å². The first-order chi connectivity index (χ1) is 12.5. The van der Waals surface area contributed by atoms with Gasteiger partial charge in [0.15, 0.2) is 5.76 Å². The van der Waals surface area contributed by atoms with Gasteiger partial charge in [0.05, 0.1) is 17.5 Å². The quantitative estimate of drug-likeness (QED) is 0.723. The number of anilines is 1. The zero-order valence-electron chi connectivity index (χ0n) is 14.1. The molecular weight excluding hydrogens is 352 g/mol. The van der Waals surface area contributed by atoms with Crippen LogP contribution in [0.3, 0.4) is 0 Å². The maximum Gasteiger partial charge on any atom is 0.291 e. The maximum atomic E-state index is 12.8. The summed E-state index contributed by atoms with van der Waals surface area (Å²) in [6, 6.07) is 17.4. The minimum Gasteiger partial charge on any atom is -0.459 e. The monoisotopic (exact) mass is 368 g/mol. The van der Waals surface area contributed by atoms with Crippen LogP contribution in [-0.4, -0.2) is 23.8 Å². The van der Waals surface area contributed by atoms with Crippen molar-refractivity contribution in [3.8, 4) is 0 Å². The van der Waals surface area contributed by atoms with Gasteiger partial charge in [-0.3, -0.25) is 9.59 Å². The molecule has 3 rings (SSSR count). The Balaban J connectivity index is 1.77. The van der Waals surface area contributed by atoms with Gasteiger partial charge in [0.1, 0.15) is 0 Å². The Morgan fingerprint density at radius 3 is 2.62 bits per heavy atom. The van der Waals surface area contributed by atoms with Crippen molar-refractivity contribution in [2.24, 2.45) is 0 Å². The predicted molar refractivity (Wildman–Crippen MR) is 100 cm³/mol. The molecule has 0 saturated carbocycles. The van der Waals surface area contributed by atoms with Crippen LogP contribution in [-0.2, 0) is 6.54 Å². The smallest absolute Gasteiger partial charge is 0.291 e. The average Bonchev–Trinajstić information content (AvgIpc) is 3.16. The number of para-hydroxylation sites is 1. The van der Waals surface area contributed by atoms with Gasteiger partial charge in [-0.1, -0.05) is 35.9 Å². The summed E-state index contributed by atoms with van der Waals surface area (Å²) in [6.45, 7) is 0.403. The molecule has 0 fully saturated rings. The fraction of sp³-hybridized carbons (Fsp3) is 0.100. The third kappa shape index (κ3) is 4.13. The summed E-state index contributed by atoms with van der Waals surface area (Å²) in [5.41, 5.74) is 1.75. The van der Waals surface area contributed by atoms with Gasteiger partial charge in [-0.25, -0.2) is 0 Å². The lowest BCUT2D eigenvalue weighted by atomic mass is 10.1. The largest absolute Gasteiger partial charge is 0.459 e. The van der Waals surface area contributed by atoms with Crippen LogP contribution in [0.15, 0.2) is 71.3 Å². The van der Waals surface area contributed by atoms with E-state index in [2.05, 4.69) is 5.32 Å². The maximum absolute atomic E-state index is 12.8. The Bertz CT molecular complexity index is 922. The Labute approximate surface area is 156 Å². The number of nitrogens with one attached hydrogen (secondary N) is 1. The first-order valence-electron chi connectivity index (χ1n) is 7.98. The predicted octanol–water partition coefficient (Wildman–Crippen LogP) is 4.46. The molecule has 0 radical (unpaired) electrons. The van der Waals surface area contributed by atoms with E-state index in [0.717, 1.165) is 5.56 Å². The van der Waals surface area contributed by atoms with Crippen LogP contribution in [0.5, 0.6) is 0 Å². The highest BCUT2D eigenvalue weighted by molar-refractivity contribution is 6.30. The molecule has 0 atom stereocenters. The summed E-state index contributed by atoms with van der Waals surface area (Å²) in [7, 11) is 1.70. The summed E-state index contributed by atoms with van der Waals surface area (Å²) in [6.07, 6.45) is 1.42. The molecule has 26 heavy (non-hydrogen) atoms. The minimum absolute atomic E-state index is 0.180. The molecule has 0 bridgehead atoms. The van der Waals surface area contributed by atoms with Gasteiger partial charge in [0.25, 0.3) is 11.8 Å². The lowest BCUT2D eigenvalue weighted by molar-refractivity contribution is 0.0786. The zero-order valence-corrected chi connectivity index (χ0v) is 14.9. The van der Waals surface area contributed by atoms with E-state index < -0.39 is 5.91 Å². The number of furan rings is 1. The van der Waals surface area contributed by atoms with Crippen LogP contribution in [0, 0.1) is 0 Å². The first kappa shape index (κ1) is 17.8. The van der Waals surface area contributed by atoms with E-state index in [1.165, 1.54) is 6.26 Å². The minimum atomic E-state index is -0.409. The van der Waals surface area contributed by atoms with E-state index in [0.29, 0.717) is 22.8 Å².